The predicted molar refractivity (Wildman–Crippen MR) is 112 cm³/mol. The van der Waals surface area contributed by atoms with Crippen LogP contribution in [0.2, 0.25) is 10.0 Å². The summed E-state index contributed by atoms with van der Waals surface area (Å²) in [6.07, 6.45) is 2.55. The normalized spacial score (nSPS) is 21.5. The number of nitrogens with zero attached hydrogens (tertiary/aromatic N) is 3. The van der Waals surface area contributed by atoms with Crippen LogP contribution in [0.4, 0.5) is 0 Å². The Morgan fingerprint density at radius 3 is 2.74 bits per heavy atom. The fourth-order valence-electron chi connectivity index (χ4n) is 3.66. The Morgan fingerprint density at radius 1 is 1.26 bits per heavy atom. The molecular weight excluding hydrogens is 465 g/mol. The number of aryl methyl sites for hydroxylation is 1. The monoisotopic (exact) mass is 482 g/mol. The molecule has 1 aliphatic heterocycles. The first kappa shape index (κ1) is 22.2. The Morgan fingerprint density at radius 2 is 2.06 bits per heavy atom. The lowest BCUT2D eigenvalue weighted by atomic mass is 10.0. The highest BCUT2D eigenvalue weighted by Crippen LogP contribution is 2.41. The number of aromatic nitrogens is 3. The van der Waals surface area contributed by atoms with Crippen molar-refractivity contribution in [2.75, 3.05) is 6.61 Å². The molecule has 0 aliphatic carbocycles. The van der Waals surface area contributed by atoms with Crippen LogP contribution < -0.4 is 0 Å². The van der Waals surface area contributed by atoms with Gasteiger partial charge in [-0.05, 0) is 30.7 Å². The molecule has 0 spiro atoms. The van der Waals surface area contributed by atoms with Crippen molar-refractivity contribution >= 4 is 33.3 Å². The maximum absolute atomic E-state index is 11.7. The van der Waals surface area contributed by atoms with Gasteiger partial charge >= 0.3 is 0 Å². The molecule has 0 amide bonds. The van der Waals surface area contributed by atoms with Gasteiger partial charge < -0.3 is 14.0 Å². The Hall–Kier alpha value is -2.01. The molecule has 2 unspecified atom stereocenters. The number of hydrogen-bond acceptors (Lipinski definition) is 7. The molecule has 2 aromatic carbocycles. The van der Waals surface area contributed by atoms with E-state index >= 15 is 0 Å². The van der Waals surface area contributed by atoms with Gasteiger partial charge in [-0.1, -0.05) is 47.0 Å². The van der Waals surface area contributed by atoms with Crippen LogP contribution in [0, 0.1) is 6.92 Å². The molecule has 1 saturated heterocycles. The van der Waals surface area contributed by atoms with Gasteiger partial charge in [0.05, 0.1) is 22.6 Å². The molecule has 1 aliphatic rings. The Kier molecular flexibility index (Phi) is 6.08. The van der Waals surface area contributed by atoms with Gasteiger partial charge in [0.25, 0.3) is 0 Å². The zero-order valence-corrected chi connectivity index (χ0v) is 18.7. The Labute approximate surface area is 189 Å². The van der Waals surface area contributed by atoms with E-state index in [2.05, 4.69) is 10.1 Å². The Bertz CT molecular complexity index is 1200. The van der Waals surface area contributed by atoms with Crippen molar-refractivity contribution in [2.24, 2.45) is 0 Å². The summed E-state index contributed by atoms with van der Waals surface area (Å²) in [7, 11) is -4.63. The van der Waals surface area contributed by atoms with E-state index in [0.717, 1.165) is 5.56 Å². The zero-order chi connectivity index (χ0) is 22.2. The molecule has 2 heterocycles. The SMILES string of the molecule is Cc1ccc(S(=O)(=O)[O-])c(CC2COC(Cn3cncn3)(c3ccc(Cl)cc3Cl)O2)c1. The standard InChI is InChI=1S/C20H19Cl2N3O5S/c1-13-2-5-19(31(26,27)28)14(6-13)7-16-9-29-20(30-16,10-25-12-23-11-24-25)17-4-3-15(21)8-18(17)22/h2-6,8,11-12,16H,7,9-10H2,1H3,(H,26,27,28)/p-1. The summed E-state index contributed by atoms with van der Waals surface area (Å²) in [5, 5.41) is 4.94. The third kappa shape index (κ3) is 4.77. The molecule has 0 N–H and O–H groups in total. The first-order valence-electron chi connectivity index (χ1n) is 9.31. The van der Waals surface area contributed by atoms with E-state index < -0.39 is 22.0 Å². The molecule has 2 atom stereocenters. The van der Waals surface area contributed by atoms with Crippen molar-refractivity contribution in [3.8, 4) is 0 Å². The van der Waals surface area contributed by atoms with E-state index in [1.807, 2.05) is 6.92 Å². The molecule has 0 radical (unpaired) electrons. The van der Waals surface area contributed by atoms with E-state index in [4.69, 9.17) is 32.7 Å². The van der Waals surface area contributed by atoms with Gasteiger partial charge in [-0.25, -0.2) is 18.1 Å². The van der Waals surface area contributed by atoms with Crippen LogP contribution in [0.1, 0.15) is 16.7 Å². The average molecular weight is 483 g/mol. The van der Waals surface area contributed by atoms with Gasteiger partial charge in [0, 0.05) is 17.0 Å². The van der Waals surface area contributed by atoms with Crippen LogP contribution in [0.25, 0.3) is 0 Å². The lowest BCUT2D eigenvalue weighted by molar-refractivity contribution is -0.188. The molecular formula is C20H18Cl2N3O5S-. The van der Waals surface area contributed by atoms with Crippen LogP contribution in [0.3, 0.4) is 0 Å². The second kappa shape index (κ2) is 8.50. The summed E-state index contributed by atoms with van der Waals surface area (Å²) >= 11 is 12.5. The van der Waals surface area contributed by atoms with Gasteiger partial charge in [0.15, 0.2) is 0 Å². The van der Waals surface area contributed by atoms with Gasteiger partial charge in [0.2, 0.25) is 5.79 Å². The minimum absolute atomic E-state index is 0.153. The van der Waals surface area contributed by atoms with Gasteiger partial charge in [-0.2, -0.15) is 5.10 Å². The van der Waals surface area contributed by atoms with E-state index in [1.54, 1.807) is 35.0 Å². The van der Waals surface area contributed by atoms with Crippen molar-refractivity contribution in [3.05, 3.63) is 75.8 Å². The third-order valence-corrected chi connectivity index (χ3v) is 6.46. The minimum atomic E-state index is -4.63. The maximum atomic E-state index is 11.7. The molecule has 0 bridgehead atoms. The second-order valence-corrected chi connectivity index (χ2v) is 9.48. The number of rotatable bonds is 6. The maximum Gasteiger partial charge on any atom is 0.217 e. The largest absolute Gasteiger partial charge is 0.744 e. The number of halogens is 2. The van der Waals surface area contributed by atoms with Crippen LogP contribution >= 0.6 is 23.2 Å². The van der Waals surface area contributed by atoms with E-state index in [0.29, 0.717) is 21.2 Å². The third-order valence-electron chi connectivity index (χ3n) is 4.97. The van der Waals surface area contributed by atoms with Crippen molar-refractivity contribution in [3.63, 3.8) is 0 Å². The average Bonchev–Trinajstić information content (AvgIpc) is 3.31. The molecule has 8 nitrogen and oxygen atoms in total. The zero-order valence-electron chi connectivity index (χ0n) is 16.4. The number of ether oxygens (including phenoxy) is 2. The van der Waals surface area contributed by atoms with Crippen LogP contribution in [0.15, 0.2) is 53.9 Å². The molecule has 3 aromatic rings. The first-order chi connectivity index (χ1) is 14.7. The smallest absolute Gasteiger partial charge is 0.217 e. The van der Waals surface area contributed by atoms with Crippen LogP contribution in [-0.4, -0.2) is 40.4 Å². The summed E-state index contributed by atoms with van der Waals surface area (Å²) in [5.41, 5.74) is 1.76. The molecule has 4 rings (SSSR count). The van der Waals surface area contributed by atoms with Gasteiger partial charge in [-0.15, -0.1) is 0 Å². The summed E-state index contributed by atoms with van der Waals surface area (Å²) in [4.78, 5) is 3.68. The van der Waals surface area contributed by atoms with Crippen molar-refractivity contribution < 1.29 is 22.4 Å². The van der Waals surface area contributed by atoms with Crippen molar-refractivity contribution in [2.45, 2.75) is 36.7 Å². The summed E-state index contributed by atoms with van der Waals surface area (Å²) in [6, 6.07) is 9.55. The number of benzene rings is 2. The van der Waals surface area contributed by atoms with Crippen LogP contribution in [0.5, 0.6) is 0 Å². The summed E-state index contributed by atoms with van der Waals surface area (Å²) < 4.78 is 49.0. The highest BCUT2D eigenvalue weighted by molar-refractivity contribution is 7.85. The lowest BCUT2D eigenvalue weighted by Crippen LogP contribution is -2.34. The fourth-order valence-corrected chi connectivity index (χ4v) is 4.91. The molecule has 1 fully saturated rings. The lowest BCUT2D eigenvalue weighted by Gasteiger charge is -2.29. The van der Waals surface area contributed by atoms with E-state index in [-0.39, 0.29) is 24.5 Å². The fraction of sp³-hybridized carbons (Fsp3) is 0.300. The first-order valence-corrected chi connectivity index (χ1v) is 11.5. The molecule has 1 aromatic heterocycles. The topological polar surface area (TPSA) is 106 Å². The second-order valence-electron chi connectivity index (χ2n) is 7.29. The van der Waals surface area contributed by atoms with Gasteiger partial charge in [0.1, 0.15) is 29.3 Å². The molecule has 11 heteroatoms. The quantitative estimate of drug-likeness (QED) is 0.495. The highest BCUT2D eigenvalue weighted by Gasteiger charge is 2.45. The number of hydrogen-bond donors (Lipinski definition) is 0. The predicted octanol–water partition coefficient (Wildman–Crippen LogP) is 3.31. The van der Waals surface area contributed by atoms with E-state index in [9.17, 15) is 13.0 Å². The molecule has 0 saturated carbocycles. The highest BCUT2D eigenvalue weighted by atomic mass is 35.5. The van der Waals surface area contributed by atoms with Gasteiger partial charge in [-0.3, -0.25) is 0 Å². The van der Waals surface area contributed by atoms with Crippen molar-refractivity contribution in [1.82, 2.24) is 14.8 Å². The summed E-state index contributed by atoms with van der Waals surface area (Å²) in [5.74, 6) is -1.29. The molecule has 31 heavy (non-hydrogen) atoms. The van der Waals surface area contributed by atoms with Crippen molar-refractivity contribution in [1.29, 1.82) is 0 Å². The summed E-state index contributed by atoms with van der Waals surface area (Å²) in [6.45, 7) is 2.13. The van der Waals surface area contributed by atoms with Crippen LogP contribution in [-0.2, 0) is 38.3 Å². The van der Waals surface area contributed by atoms with E-state index in [1.165, 1.54) is 18.7 Å². The Balaban J connectivity index is 1.68. The molecule has 164 valence electrons. The minimum Gasteiger partial charge on any atom is -0.744 e.